The summed E-state index contributed by atoms with van der Waals surface area (Å²) >= 11 is 1.82. The van der Waals surface area contributed by atoms with Crippen LogP contribution in [-0.2, 0) is 6.42 Å². The number of thiophene rings is 1. The Hall–Kier alpha value is -0.380. The van der Waals surface area contributed by atoms with Gasteiger partial charge in [-0.05, 0) is 30.2 Å². The number of hydrogen-bond donors (Lipinski definition) is 2. The quantitative estimate of drug-likeness (QED) is 0.520. The van der Waals surface area contributed by atoms with Crippen LogP contribution in [0.25, 0.3) is 0 Å². The Kier molecular flexibility index (Phi) is 7.49. The molecule has 0 aliphatic rings. The molecule has 2 atom stereocenters. The lowest BCUT2D eigenvalue weighted by Gasteiger charge is -2.21. The smallest absolute Gasteiger partial charge is 0.0261 e. The van der Waals surface area contributed by atoms with Crippen LogP contribution >= 0.6 is 11.3 Å². The minimum absolute atomic E-state index is 0.426. The molecule has 1 rings (SSSR count). The van der Waals surface area contributed by atoms with E-state index in [9.17, 15) is 0 Å². The van der Waals surface area contributed by atoms with Crippen LogP contribution < -0.4 is 11.3 Å². The van der Waals surface area contributed by atoms with Crippen molar-refractivity contribution in [3.05, 3.63) is 22.4 Å². The Labute approximate surface area is 110 Å². The van der Waals surface area contributed by atoms with E-state index in [0.29, 0.717) is 6.04 Å². The fraction of sp³-hybridized carbons (Fsp3) is 0.714. The number of nitrogens with one attached hydrogen (secondary N) is 1. The van der Waals surface area contributed by atoms with Crippen molar-refractivity contribution in [2.24, 2.45) is 11.8 Å². The molecule has 0 amide bonds. The van der Waals surface area contributed by atoms with Crippen molar-refractivity contribution in [1.29, 1.82) is 0 Å². The van der Waals surface area contributed by atoms with Gasteiger partial charge in [-0.2, -0.15) is 0 Å². The van der Waals surface area contributed by atoms with Crippen molar-refractivity contribution in [2.75, 3.05) is 0 Å². The van der Waals surface area contributed by atoms with Gasteiger partial charge in [-0.3, -0.25) is 11.3 Å². The Morgan fingerprint density at radius 2 is 2.24 bits per heavy atom. The second-order valence-electron chi connectivity index (χ2n) is 4.80. The van der Waals surface area contributed by atoms with Crippen LogP contribution in [0.5, 0.6) is 0 Å². The molecule has 1 aromatic rings. The lowest BCUT2D eigenvalue weighted by molar-refractivity contribution is 0.350. The predicted octanol–water partition coefficient (Wildman–Crippen LogP) is 3.73. The Morgan fingerprint density at radius 1 is 1.41 bits per heavy atom. The third-order valence-electron chi connectivity index (χ3n) is 3.42. The van der Waals surface area contributed by atoms with Crippen molar-refractivity contribution in [3.63, 3.8) is 0 Å². The Balaban J connectivity index is 2.38. The molecule has 0 fully saturated rings. The van der Waals surface area contributed by atoms with Crippen LogP contribution in [-0.4, -0.2) is 6.04 Å². The predicted molar refractivity (Wildman–Crippen MR) is 77.1 cm³/mol. The van der Waals surface area contributed by atoms with Crippen LogP contribution in [0.3, 0.4) is 0 Å². The maximum atomic E-state index is 5.68. The summed E-state index contributed by atoms with van der Waals surface area (Å²) in [5.41, 5.74) is 2.99. The van der Waals surface area contributed by atoms with E-state index < -0.39 is 0 Å². The molecule has 98 valence electrons. The first-order valence-electron chi connectivity index (χ1n) is 6.78. The van der Waals surface area contributed by atoms with Gasteiger partial charge in [0.2, 0.25) is 0 Å². The zero-order valence-corrected chi connectivity index (χ0v) is 11.9. The van der Waals surface area contributed by atoms with Crippen molar-refractivity contribution < 1.29 is 0 Å². The van der Waals surface area contributed by atoms with Crippen LogP contribution in [0.2, 0.25) is 0 Å². The third kappa shape index (κ3) is 5.66. The molecule has 0 bridgehead atoms. The molecule has 0 aliphatic carbocycles. The van der Waals surface area contributed by atoms with Crippen molar-refractivity contribution in [3.8, 4) is 0 Å². The molecule has 2 nitrogen and oxygen atoms in total. The zero-order chi connectivity index (χ0) is 12.5. The SMILES string of the molecule is CCCCC(CC)CC(Cc1cccs1)NN. The molecule has 0 radical (unpaired) electrons. The summed E-state index contributed by atoms with van der Waals surface area (Å²) in [6.45, 7) is 4.55. The number of unbranched alkanes of at least 4 members (excludes halogenated alkanes) is 1. The van der Waals surface area contributed by atoms with E-state index in [1.54, 1.807) is 0 Å². The third-order valence-corrected chi connectivity index (χ3v) is 4.32. The van der Waals surface area contributed by atoms with Crippen LogP contribution in [0, 0.1) is 5.92 Å². The average molecular weight is 254 g/mol. The molecule has 1 heterocycles. The average Bonchev–Trinajstić information content (AvgIpc) is 2.85. The number of hydrogen-bond acceptors (Lipinski definition) is 3. The van der Waals surface area contributed by atoms with Crippen molar-refractivity contribution in [1.82, 2.24) is 5.43 Å². The molecule has 3 N–H and O–H groups in total. The number of nitrogens with two attached hydrogens (primary N) is 1. The molecular weight excluding hydrogens is 228 g/mol. The maximum Gasteiger partial charge on any atom is 0.0261 e. The van der Waals surface area contributed by atoms with E-state index in [1.807, 2.05) is 11.3 Å². The molecule has 0 aliphatic heterocycles. The van der Waals surface area contributed by atoms with E-state index >= 15 is 0 Å². The second kappa shape index (κ2) is 8.67. The van der Waals surface area contributed by atoms with E-state index in [1.165, 1.54) is 37.0 Å². The topological polar surface area (TPSA) is 38.0 Å². The van der Waals surface area contributed by atoms with E-state index in [2.05, 4.69) is 36.8 Å². The minimum atomic E-state index is 0.426. The second-order valence-corrected chi connectivity index (χ2v) is 5.83. The summed E-state index contributed by atoms with van der Waals surface area (Å²) in [6.07, 6.45) is 7.51. The highest BCUT2D eigenvalue weighted by atomic mass is 32.1. The lowest BCUT2D eigenvalue weighted by atomic mass is 9.91. The van der Waals surface area contributed by atoms with Crippen molar-refractivity contribution in [2.45, 2.75) is 58.4 Å². The number of hydrazine groups is 1. The zero-order valence-electron chi connectivity index (χ0n) is 11.1. The molecule has 2 unspecified atom stereocenters. The minimum Gasteiger partial charge on any atom is -0.271 e. The molecule has 1 aromatic heterocycles. The number of rotatable bonds is 9. The monoisotopic (exact) mass is 254 g/mol. The summed E-state index contributed by atoms with van der Waals surface area (Å²) < 4.78 is 0. The Bertz CT molecular complexity index is 272. The summed E-state index contributed by atoms with van der Waals surface area (Å²) in [6, 6.07) is 4.74. The molecule has 0 saturated heterocycles. The van der Waals surface area contributed by atoms with Crippen LogP contribution in [0.4, 0.5) is 0 Å². The van der Waals surface area contributed by atoms with Gasteiger partial charge in [0.25, 0.3) is 0 Å². The molecular formula is C14H26N2S. The first kappa shape index (κ1) is 14.7. The van der Waals surface area contributed by atoms with Gasteiger partial charge in [0, 0.05) is 10.9 Å². The lowest BCUT2D eigenvalue weighted by Crippen LogP contribution is -2.38. The highest BCUT2D eigenvalue weighted by Crippen LogP contribution is 2.21. The van der Waals surface area contributed by atoms with Crippen molar-refractivity contribution >= 4 is 11.3 Å². The van der Waals surface area contributed by atoms with Crippen LogP contribution in [0.1, 0.15) is 50.8 Å². The van der Waals surface area contributed by atoms with Gasteiger partial charge in [0.05, 0.1) is 0 Å². The first-order valence-corrected chi connectivity index (χ1v) is 7.66. The van der Waals surface area contributed by atoms with Gasteiger partial charge in [-0.1, -0.05) is 45.6 Å². The maximum absolute atomic E-state index is 5.68. The summed E-state index contributed by atoms with van der Waals surface area (Å²) in [5.74, 6) is 6.49. The van der Waals surface area contributed by atoms with E-state index in [0.717, 1.165) is 12.3 Å². The van der Waals surface area contributed by atoms with Gasteiger partial charge in [-0.25, -0.2) is 0 Å². The molecule has 0 spiro atoms. The van der Waals surface area contributed by atoms with Gasteiger partial charge in [-0.15, -0.1) is 11.3 Å². The summed E-state index contributed by atoms with van der Waals surface area (Å²) in [7, 11) is 0. The van der Waals surface area contributed by atoms with E-state index in [-0.39, 0.29) is 0 Å². The summed E-state index contributed by atoms with van der Waals surface area (Å²) in [4.78, 5) is 1.43. The fourth-order valence-corrected chi connectivity index (χ4v) is 3.05. The van der Waals surface area contributed by atoms with Crippen LogP contribution in [0.15, 0.2) is 17.5 Å². The van der Waals surface area contributed by atoms with Gasteiger partial charge in [0.15, 0.2) is 0 Å². The van der Waals surface area contributed by atoms with E-state index in [4.69, 9.17) is 5.84 Å². The standard InChI is InChI=1S/C14H26N2S/c1-3-5-7-12(4-2)10-13(16-15)11-14-8-6-9-17-14/h6,8-9,12-13,16H,3-5,7,10-11,15H2,1-2H3. The molecule has 17 heavy (non-hydrogen) atoms. The molecule has 3 heteroatoms. The van der Waals surface area contributed by atoms with Gasteiger partial charge >= 0.3 is 0 Å². The van der Waals surface area contributed by atoms with Gasteiger partial charge < -0.3 is 0 Å². The molecule has 0 aromatic carbocycles. The highest BCUT2D eigenvalue weighted by molar-refractivity contribution is 7.09. The fourth-order valence-electron chi connectivity index (χ4n) is 2.27. The van der Waals surface area contributed by atoms with Gasteiger partial charge in [0.1, 0.15) is 0 Å². The first-order chi connectivity index (χ1) is 8.30. The highest BCUT2D eigenvalue weighted by Gasteiger charge is 2.14. The normalized spacial score (nSPS) is 14.8. The summed E-state index contributed by atoms with van der Waals surface area (Å²) in [5, 5.41) is 2.14. The Morgan fingerprint density at radius 3 is 2.76 bits per heavy atom. The largest absolute Gasteiger partial charge is 0.271 e. The molecule has 0 saturated carbocycles.